The minimum absolute atomic E-state index is 0.0508. The van der Waals surface area contributed by atoms with E-state index in [0.29, 0.717) is 17.3 Å². The van der Waals surface area contributed by atoms with E-state index in [9.17, 15) is 9.18 Å². The van der Waals surface area contributed by atoms with Crippen LogP contribution in [0.5, 0.6) is 0 Å². The Balaban J connectivity index is 1.96. The number of benzene rings is 1. The van der Waals surface area contributed by atoms with Crippen LogP contribution in [-0.2, 0) is 17.9 Å². The number of anilines is 1. The third-order valence-electron chi connectivity index (χ3n) is 4.24. The first-order valence-corrected chi connectivity index (χ1v) is 9.73. The standard InChI is InChI=1S/C18H20ClFN4OS/c1-10(2)15-7-5-12-16(26(21)23-15)9-24(3)17(12)18(25)22-11-4-6-14(20)13(19)8-11/h4-10,15H,1-3H3,(H2,21,23)(H,22,25)/t15-,26?/m1/s1. The van der Waals surface area contributed by atoms with E-state index in [0.717, 1.165) is 10.5 Å². The first-order valence-electron chi connectivity index (χ1n) is 8.13. The van der Waals surface area contributed by atoms with Gasteiger partial charge >= 0.3 is 0 Å². The van der Waals surface area contributed by atoms with Crippen LogP contribution in [-0.4, -0.2) is 16.5 Å². The van der Waals surface area contributed by atoms with Gasteiger partial charge in [0.1, 0.15) is 11.5 Å². The van der Waals surface area contributed by atoms with Crippen LogP contribution in [0.1, 0.15) is 29.9 Å². The van der Waals surface area contributed by atoms with Crippen LogP contribution in [0.3, 0.4) is 0 Å². The maximum atomic E-state index is 13.3. The van der Waals surface area contributed by atoms with Crippen molar-refractivity contribution in [2.24, 2.45) is 13.0 Å². The van der Waals surface area contributed by atoms with Crippen molar-refractivity contribution in [1.29, 1.82) is 4.78 Å². The predicted molar refractivity (Wildman–Crippen MR) is 104 cm³/mol. The van der Waals surface area contributed by atoms with Gasteiger partial charge in [-0.1, -0.05) is 37.6 Å². The zero-order valence-electron chi connectivity index (χ0n) is 14.6. The molecule has 0 saturated heterocycles. The first kappa shape index (κ1) is 18.8. The van der Waals surface area contributed by atoms with Crippen molar-refractivity contribution in [2.45, 2.75) is 24.8 Å². The van der Waals surface area contributed by atoms with E-state index in [1.807, 2.05) is 12.2 Å². The molecule has 1 aromatic carbocycles. The Morgan fingerprint density at radius 2 is 2.19 bits per heavy atom. The van der Waals surface area contributed by atoms with Gasteiger partial charge in [-0.25, -0.2) is 9.11 Å². The van der Waals surface area contributed by atoms with Crippen molar-refractivity contribution in [3.8, 4) is 0 Å². The molecule has 3 rings (SSSR count). The zero-order chi connectivity index (χ0) is 19.0. The Morgan fingerprint density at radius 3 is 2.85 bits per heavy atom. The van der Waals surface area contributed by atoms with E-state index in [1.165, 1.54) is 18.2 Å². The highest BCUT2D eigenvalue weighted by Crippen LogP contribution is 2.27. The van der Waals surface area contributed by atoms with Gasteiger partial charge in [-0.2, -0.15) is 0 Å². The molecule has 5 nitrogen and oxygen atoms in total. The summed E-state index contributed by atoms with van der Waals surface area (Å²) in [6.07, 6.45) is 5.70. The molecule has 1 aliphatic rings. The number of nitrogens with one attached hydrogen (secondary N) is 3. The number of aryl methyl sites for hydroxylation is 1. The van der Waals surface area contributed by atoms with Crippen molar-refractivity contribution < 1.29 is 9.18 Å². The van der Waals surface area contributed by atoms with Gasteiger partial charge in [0.15, 0.2) is 0 Å². The summed E-state index contributed by atoms with van der Waals surface area (Å²) >= 11 is 5.78. The highest BCUT2D eigenvalue weighted by atomic mass is 35.5. The molecule has 138 valence electrons. The summed E-state index contributed by atoms with van der Waals surface area (Å²) < 4.78 is 26.7. The Hall–Kier alpha value is -1.96. The van der Waals surface area contributed by atoms with Crippen LogP contribution < -0.4 is 10.0 Å². The number of rotatable bonds is 3. The van der Waals surface area contributed by atoms with Crippen molar-refractivity contribution in [3.63, 3.8) is 0 Å². The number of carbonyl (C=O) groups is 1. The van der Waals surface area contributed by atoms with Gasteiger partial charge in [-0.05, 0) is 35.0 Å². The summed E-state index contributed by atoms with van der Waals surface area (Å²) in [4.78, 5) is 13.6. The van der Waals surface area contributed by atoms with Gasteiger partial charge in [0.2, 0.25) is 0 Å². The Labute approximate surface area is 159 Å². The molecule has 3 N–H and O–H groups in total. The lowest BCUT2D eigenvalue weighted by Gasteiger charge is -2.17. The molecule has 0 aliphatic carbocycles. The summed E-state index contributed by atoms with van der Waals surface area (Å²) in [5.41, 5.74) is 1.59. The molecule has 2 atom stereocenters. The SMILES string of the molecule is CC(C)[C@H]1C=Cc2c(cn(C)c2C(=O)Nc2ccc(F)c(Cl)c2)S(=N)N1. The molecule has 26 heavy (non-hydrogen) atoms. The van der Waals surface area contributed by atoms with Gasteiger partial charge in [-0.15, -0.1) is 0 Å². The largest absolute Gasteiger partial charge is 0.345 e. The molecular weight excluding hydrogens is 375 g/mol. The second kappa shape index (κ2) is 7.34. The monoisotopic (exact) mass is 394 g/mol. The van der Waals surface area contributed by atoms with E-state index in [1.54, 1.807) is 17.8 Å². The van der Waals surface area contributed by atoms with Crippen molar-refractivity contribution in [1.82, 2.24) is 9.29 Å². The van der Waals surface area contributed by atoms with Crippen molar-refractivity contribution in [3.05, 3.63) is 52.6 Å². The predicted octanol–water partition coefficient (Wildman–Crippen LogP) is 4.37. The molecule has 0 bridgehead atoms. The molecule has 1 unspecified atom stereocenters. The van der Waals surface area contributed by atoms with Crippen LogP contribution in [0.2, 0.25) is 5.02 Å². The van der Waals surface area contributed by atoms with Crippen LogP contribution in [0.4, 0.5) is 10.1 Å². The number of hydrogen-bond acceptors (Lipinski definition) is 2. The highest BCUT2D eigenvalue weighted by molar-refractivity contribution is 7.84. The summed E-state index contributed by atoms with van der Waals surface area (Å²) in [5.74, 6) is -0.534. The first-order chi connectivity index (χ1) is 12.3. The minimum Gasteiger partial charge on any atom is -0.345 e. The summed E-state index contributed by atoms with van der Waals surface area (Å²) in [7, 11) is 0.844. The lowest BCUT2D eigenvalue weighted by atomic mass is 10.0. The number of hydrogen-bond donors (Lipinski definition) is 3. The normalized spacial score (nSPS) is 19.3. The number of amides is 1. The molecule has 0 radical (unpaired) electrons. The van der Waals surface area contributed by atoms with Gasteiger partial charge in [0.25, 0.3) is 5.91 Å². The second-order valence-electron chi connectivity index (χ2n) is 6.50. The summed E-state index contributed by atoms with van der Waals surface area (Å²) in [5, 5.41) is 2.70. The molecule has 0 saturated carbocycles. The summed E-state index contributed by atoms with van der Waals surface area (Å²) in [6.45, 7) is 4.17. The third-order valence-corrected chi connectivity index (χ3v) is 5.80. The van der Waals surface area contributed by atoms with Gasteiger partial charge in [-0.3, -0.25) is 9.57 Å². The van der Waals surface area contributed by atoms with Crippen LogP contribution in [0, 0.1) is 16.5 Å². The molecular formula is C18H20ClFN4OS. The van der Waals surface area contributed by atoms with E-state index in [4.69, 9.17) is 16.4 Å². The van der Waals surface area contributed by atoms with E-state index >= 15 is 0 Å². The average molecular weight is 395 g/mol. The molecule has 8 heteroatoms. The lowest BCUT2D eigenvalue weighted by molar-refractivity contribution is 0.101. The molecule has 2 heterocycles. The quantitative estimate of drug-likeness (QED) is 0.723. The third kappa shape index (κ3) is 3.60. The molecule has 2 aromatic rings. The van der Waals surface area contributed by atoms with Crippen LogP contribution in [0.15, 0.2) is 35.4 Å². The second-order valence-corrected chi connectivity index (χ2v) is 8.20. The maximum absolute atomic E-state index is 13.3. The van der Waals surface area contributed by atoms with Crippen molar-refractivity contribution >= 4 is 40.1 Å². The Morgan fingerprint density at radius 1 is 1.46 bits per heavy atom. The number of fused-ring (bicyclic) bond motifs is 1. The maximum Gasteiger partial charge on any atom is 0.272 e. The topological polar surface area (TPSA) is 69.9 Å². The number of nitrogens with zero attached hydrogens (tertiary/aromatic N) is 1. The molecule has 1 aliphatic heterocycles. The summed E-state index contributed by atoms with van der Waals surface area (Å²) in [6, 6.07) is 4.11. The molecule has 0 fully saturated rings. The highest BCUT2D eigenvalue weighted by Gasteiger charge is 2.25. The fraction of sp³-hybridized carbons (Fsp3) is 0.278. The number of carbonyl (C=O) groups excluding carboxylic acids is 1. The van der Waals surface area contributed by atoms with Crippen molar-refractivity contribution in [2.75, 3.05) is 5.32 Å². The zero-order valence-corrected chi connectivity index (χ0v) is 16.2. The fourth-order valence-corrected chi connectivity index (χ4v) is 4.36. The smallest absolute Gasteiger partial charge is 0.272 e. The van der Waals surface area contributed by atoms with E-state index in [-0.39, 0.29) is 17.0 Å². The van der Waals surface area contributed by atoms with Crippen LogP contribution in [0.25, 0.3) is 6.08 Å². The fourth-order valence-electron chi connectivity index (χ4n) is 2.78. The van der Waals surface area contributed by atoms with E-state index in [2.05, 4.69) is 23.9 Å². The average Bonchev–Trinajstić information content (AvgIpc) is 2.82. The van der Waals surface area contributed by atoms with Gasteiger partial charge in [0.05, 0.1) is 9.92 Å². The van der Waals surface area contributed by atoms with Gasteiger partial charge < -0.3 is 9.88 Å². The molecule has 1 amide bonds. The van der Waals surface area contributed by atoms with Crippen LogP contribution >= 0.6 is 11.6 Å². The lowest BCUT2D eigenvalue weighted by Crippen LogP contribution is -2.32. The van der Waals surface area contributed by atoms with E-state index < -0.39 is 16.7 Å². The number of aromatic nitrogens is 1. The minimum atomic E-state index is -0.926. The Bertz CT molecular complexity index is 922. The molecule has 0 spiro atoms. The molecule has 1 aromatic heterocycles. The van der Waals surface area contributed by atoms with Gasteiger partial charge in [0, 0.05) is 30.5 Å². The Kier molecular flexibility index (Phi) is 5.32. The number of halogens is 2.